The molecule has 0 radical (unpaired) electrons. The Bertz CT molecular complexity index is 579. The fraction of sp³-hybridized carbons (Fsp3) is 0.714. The van der Waals surface area contributed by atoms with Crippen molar-refractivity contribution >= 4 is 8.32 Å². The van der Waals surface area contributed by atoms with Gasteiger partial charge in [0, 0.05) is 5.92 Å². The van der Waals surface area contributed by atoms with Gasteiger partial charge in [-0.05, 0) is 37.5 Å². The van der Waals surface area contributed by atoms with Crippen LogP contribution in [0.1, 0.15) is 53.2 Å². The molecule has 0 saturated carbocycles. The van der Waals surface area contributed by atoms with Gasteiger partial charge in [-0.15, -0.1) is 0 Å². The molecule has 1 fully saturated rings. The van der Waals surface area contributed by atoms with Crippen molar-refractivity contribution in [1.29, 1.82) is 0 Å². The first-order valence-corrected chi connectivity index (χ1v) is 12.5. The monoisotopic (exact) mass is 380 g/mol. The van der Waals surface area contributed by atoms with Gasteiger partial charge in [0.2, 0.25) is 0 Å². The summed E-state index contributed by atoms with van der Waals surface area (Å²) < 4.78 is 18.7. The number of hydrogen-bond donors (Lipinski definition) is 1. The molecule has 1 aromatic carbocycles. The van der Waals surface area contributed by atoms with Crippen molar-refractivity contribution in [3.63, 3.8) is 0 Å². The predicted octanol–water partition coefficient (Wildman–Crippen LogP) is 4.90. The van der Waals surface area contributed by atoms with Crippen molar-refractivity contribution < 1.29 is 19.0 Å². The molecule has 4 nitrogen and oxygen atoms in total. The van der Waals surface area contributed by atoms with Gasteiger partial charge >= 0.3 is 0 Å². The Kier molecular flexibility index (Phi) is 6.41. The molecule has 0 spiro atoms. The summed E-state index contributed by atoms with van der Waals surface area (Å²) in [7, 11) is -1.87. The highest BCUT2D eigenvalue weighted by Gasteiger charge is 2.47. The summed E-state index contributed by atoms with van der Waals surface area (Å²) in [6, 6.07) is 9.74. The summed E-state index contributed by atoms with van der Waals surface area (Å²) in [6.45, 7) is 17.5. The lowest BCUT2D eigenvalue weighted by molar-refractivity contribution is -0.155. The quantitative estimate of drug-likeness (QED) is 0.713. The molecule has 2 rings (SSSR count). The molecule has 0 aliphatic carbocycles. The van der Waals surface area contributed by atoms with Crippen LogP contribution in [-0.2, 0) is 13.9 Å². The van der Waals surface area contributed by atoms with E-state index in [2.05, 4.69) is 33.9 Å². The van der Waals surface area contributed by atoms with E-state index in [9.17, 15) is 5.11 Å². The molecule has 26 heavy (non-hydrogen) atoms. The highest BCUT2D eigenvalue weighted by Crippen LogP contribution is 2.40. The van der Waals surface area contributed by atoms with Crippen LogP contribution in [-0.4, -0.2) is 38.0 Å². The van der Waals surface area contributed by atoms with Crippen LogP contribution in [0, 0.1) is 5.92 Å². The average Bonchev–Trinajstić information content (AvgIpc) is 2.86. The van der Waals surface area contributed by atoms with Crippen molar-refractivity contribution in [2.75, 3.05) is 6.61 Å². The summed E-state index contributed by atoms with van der Waals surface area (Å²) in [5.41, 5.74) is 0.900. The third-order valence-corrected chi connectivity index (χ3v) is 10.3. The fourth-order valence-corrected chi connectivity index (χ4v) is 4.09. The second kappa shape index (κ2) is 7.72. The van der Waals surface area contributed by atoms with Crippen LogP contribution in [0.4, 0.5) is 0 Å². The zero-order chi connectivity index (χ0) is 19.8. The van der Waals surface area contributed by atoms with Gasteiger partial charge in [0.25, 0.3) is 0 Å². The van der Waals surface area contributed by atoms with E-state index in [0.29, 0.717) is 6.61 Å². The zero-order valence-electron chi connectivity index (χ0n) is 17.6. The molecular weight excluding hydrogens is 344 g/mol. The molecule has 1 aliphatic rings. The van der Waals surface area contributed by atoms with E-state index in [1.165, 1.54) is 0 Å². The minimum Gasteiger partial charge on any atom is -0.414 e. The summed E-state index contributed by atoms with van der Waals surface area (Å²) in [6.07, 6.45) is -1.01. The Morgan fingerprint density at radius 2 is 1.73 bits per heavy atom. The van der Waals surface area contributed by atoms with Gasteiger partial charge in [0.05, 0.1) is 18.8 Å². The molecule has 1 N–H and O–H groups in total. The maximum atomic E-state index is 10.8. The maximum Gasteiger partial charge on any atom is 0.192 e. The normalized spacial score (nSPS) is 25.9. The van der Waals surface area contributed by atoms with E-state index < -0.39 is 20.2 Å². The predicted molar refractivity (Wildman–Crippen MR) is 108 cm³/mol. The molecule has 1 heterocycles. The maximum absolute atomic E-state index is 10.8. The third-order valence-electron chi connectivity index (χ3n) is 5.79. The third kappa shape index (κ3) is 4.96. The summed E-state index contributed by atoms with van der Waals surface area (Å²) >= 11 is 0. The van der Waals surface area contributed by atoms with Gasteiger partial charge in [-0.3, -0.25) is 0 Å². The fourth-order valence-electron chi connectivity index (χ4n) is 3.08. The Morgan fingerprint density at radius 3 is 2.27 bits per heavy atom. The lowest BCUT2D eigenvalue weighted by Crippen LogP contribution is -2.45. The average molecular weight is 381 g/mol. The molecule has 0 aromatic heterocycles. The highest BCUT2D eigenvalue weighted by molar-refractivity contribution is 6.74. The number of rotatable bonds is 6. The van der Waals surface area contributed by atoms with Gasteiger partial charge in [-0.2, -0.15) is 0 Å². The smallest absolute Gasteiger partial charge is 0.192 e. The van der Waals surface area contributed by atoms with E-state index >= 15 is 0 Å². The van der Waals surface area contributed by atoms with Crippen molar-refractivity contribution in [2.45, 2.75) is 83.8 Å². The molecule has 1 aromatic rings. The summed E-state index contributed by atoms with van der Waals surface area (Å²) in [4.78, 5) is 0. The number of aliphatic hydroxyl groups excluding tert-OH is 1. The molecule has 148 valence electrons. The molecular formula is C21H36O4Si. The Hall–Kier alpha value is -0.723. The second-order valence-electron chi connectivity index (χ2n) is 9.42. The first kappa shape index (κ1) is 21.6. The van der Waals surface area contributed by atoms with E-state index in [4.69, 9.17) is 13.9 Å². The van der Waals surface area contributed by atoms with Gasteiger partial charge < -0.3 is 19.0 Å². The van der Waals surface area contributed by atoms with Crippen LogP contribution in [0.5, 0.6) is 0 Å². The van der Waals surface area contributed by atoms with E-state index in [0.717, 1.165) is 5.56 Å². The Balaban J connectivity index is 2.12. The molecule has 1 aliphatic heterocycles. The zero-order valence-corrected chi connectivity index (χ0v) is 18.6. The molecule has 4 atom stereocenters. The van der Waals surface area contributed by atoms with E-state index in [-0.39, 0.29) is 23.2 Å². The summed E-state index contributed by atoms with van der Waals surface area (Å²) in [5, 5.41) is 11.0. The second-order valence-corrected chi connectivity index (χ2v) is 14.2. The molecule has 5 heteroatoms. The molecule has 0 amide bonds. The minimum absolute atomic E-state index is 0.104. The number of hydrogen-bond acceptors (Lipinski definition) is 4. The van der Waals surface area contributed by atoms with Crippen LogP contribution in [0.3, 0.4) is 0 Å². The van der Waals surface area contributed by atoms with E-state index in [1.54, 1.807) is 0 Å². The van der Waals surface area contributed by atoms with Crippen LogP contribution in [0.2, 0.25) is 18.1 Å². The SMILES string of the molecule is C[C@H]([C@H]1OC(C)(C)O[C@H]1CO[Si](C)(C)C(C)(C)C)[C@H](O)c1ccccc1. The standard InChI is InChI=1S/C21H36O4Si/c1-15(18(22)16-12-10-9-11-13-16)19-17(24-21(5,6)25-19)14-23-26(7,8)20(2,3)4/h9-13,15,17-19,22H,14H2,1-8H3/t15-,17-,18-,19+/m0/s1. The number of benzene rings is 1. The lowest BCUT2D eigenvalue weighted by atomic mass is 9.90. The summed E-state index contributed by atoms with van der Waals surface area (Å²) in [5.74, 6) is -0.774. The topological polar surface area (TPSA) is 47.9 Å². The van der Waals surface area contributed by atoms with Gasteiger partial charge in [-0.1, -0.05) is 58.0 Å². The molecule has 1 saturated heterocycles. The molecule has 0 bridgehead atoms. The van der Waals surface area contributed by atoms with Crippen LogP contribution < -0.4 is 0 Å². The van der Waals surface area contributed by atoms with Gasteiger partial charge in [0.15, 0.2) is 14.1 Å². The van der Waals surface area contributed by atoms with Crippen molar-refractivity contribution in [1.82, 2.24) is 0 Å². The van der Waals surface area contributed by atoms with E-state index in [1.807, 2.05) is 51.1 Å². The highest BCUT2D eigenvalue weighted by atomic mass is 28.4. The van der Waals surface area contributed by atoms with Crippen molar-refractivity contribution in [3.05, 3.63) is 35.9 Å². The van der Waals surface area contributed by atoms with Crippen molar-refractivity contribution in [3.8, 4) is 0 Å². The number of aliphatic hydroxyl groups is 1. The van der Waals surface area contributed by atoms with Crippen LogP contribution in [0.15, 0.2) is 30.3 Å². The van der Waals surface area contributed by atoms with Gasteiger partial charge in [-0.25, -0.2) is 0 Å². The minimum atomic E-state index is -1.87. The first-order chi connectivity index (χ1) is 11.8. The Labute approximate surface area is 160 Å². The first-order valence-electron chi connectivity index (χ1n) is 9.57. The van der Waals surface area contributed by atoms with Crippen molar-refractivity contribution in [2.24, 2.45) is 5.92 Å². The molecule has 0 unspecified atom stereocenters. The Morgan fingerprint density at radius 1 is 1.15 bits per heavy atom. The largest absolute Gasteiger partial charge is 0.414 e. The lowest BCUT2D eigenvalue weighted by Gasteiger charge is -2.37. The van der Waals surface area contributed by atoms with Crippen LogP contribution >= 0.6 is 0 Å². The van der Waals surface area contributed by atoms with Gasteiger partial charge in [0.1, 0.15) is 6.10 Å². The number of ether oxygens (including phenoxy) is 2. The van der Waals surface area contributed by atoms with Crippen LogP contribution in [0.25, 0.3) is 0 Å².